The number of aliphatic carboxylic acids is 1. The summed E-state index contributed by atoms with van der Waals surface area (Å²) in [4.78, 5) is 22.9. The molecular formula is C15H28N2O3. The van der Waals surface area contributed by atoms with E-state index in [-0.39, 0.29) is 17.7 Å². The van der Waals surface area contributed by atoms with Gasteiger partial charge in [-0.25, -0.2) is 0 Å². The van der Waals surface area contributed by atoms with Crippen molar-refractivity contribution in [3.63, 3.8) is 0 Å². The van der Waals surface area contributed by atoms with E-state index in [0.29, 0.717) is 18.9 Å². The zero-order chi connectivity index (χ0) is 15.0. The van der Waals surface area contributed by atoms with E-state index in [2.05, 4.69) is 17.6 Å². The van der Waals surface area contributed by atoms with Crippen LogP contribution in [0.25, 0.3) is 0 Å². The minimum absolute atomic E-state index is 0.162. The Balaban J connectivity index is 2.29. The van der Waals surface area contributed by atoms with Gasteiger partial charge >= 0.3 is 5.97 Å². The Hall–Kier alpha value is -1.10. The van der Waals surface area contributed by atoms with Crippen molar-refractivity contribution in [3.8, 4) is 0 Å². The molecule has 2 unspecified atom stereocenters. The second-order valence-electron chi connectivity index (χ2n) is 6.04. The van der Waals surface area contributed by atoms with Crippen molar-refractivity contribution >= 4 is 11.9 Å². The summed E-state index contributed by atoms with van der Waals surface area (Å²) in [6.45, 7) is 6.49. The van der Waals surface area contributed by atoms with Crippen LogP contribution in [0.15, 0.2) is 0 Å². The van der Waals surface area contributed by atoms with Crippen LogP contribution in [-0.4, -0.2) is 36.6 Å². The monoisotopic (exact) mass is 284 g/mol. The number of rotatable bonds is 9. The van der Waals surface area contributed by atoms with Gasteiger partial charge in [0.15, 0.2) is 0 Å². The zero-order valence-corrected chi connectivity index (χ0v) is 12.7. The molecule has 0 bridgehead atoms. The van der Waals surface area contributed by atoms with Crippen LogP contribution in [0.4, 0.5) is 0 Å². The molecule has 0 radical (unpaired) electrons. The van der Waals surface area contributed by atoms with Crippen LogP contribution in [0.5, 0.6) is 0 Å². The third kappa shape index (κ3) is 5.12. The van der Waals surface area contributed by atoms with E-state index in [1.54, 1.807) is 0 Å². The first-order valence-electron chi connectivity index (χ1n) is 7.71. The van der Waals surface area contributed by atoms with Crippen LogP contribution in [0.2, 0.25) is 0 Å². The first-order valence-corrected chi connectivity index (χ1v) is 7.71. The number of carbonyl (C=O) groups excluding carboxylic acids is 1. The Morgan fingerprint density at radius 3 is 2.70 bits per heavy atom. The van der Waals surface area contributed by atoms with Gasteiger partial charge in [-0.05, 0) is 38.1 Å². The van der Waals surface area contributed by atoms with Crippen LogP contribution in [-0.2, 0) is 9.59 Å². The largest absolute Gasteiger partial charge is 0.481 e. The van der Waals surface area contributed by atoms with Crippen molar-refractivity contribution in [2.75, 3.05) is 19.6 Å². The second kappa shape index (κ2) is 8.25. The minimum Gasteiger partial charge on any atom is -0.481 e. The van der Waals surface area contributed by atoms with Crippen molar-refractivity contribution in [1.82, 2.24) is 10.6 Å². The Kier molecular flexibility index (Phi) is 6.99. The number of carboxylic acid groups (broad SMARTS) is 1. The molecule has 1 saturated heterocycles. The fourth-order valence-corrected chi connectivity index (χ4v) is 2.88. The summed E-state index contributed by atoms with van der Waals surface area (Å²) in [5.41, 5.74) is -0.223. The highest BCUT2D eigenvalue weighted by atomic mass is 16.4. The maximum absolute atomic E-state index is 12.4. The first kappa shape index (κ1) is 17.0. The molecule has 0 saturated carbocycles. The van der Waals surface area contributed by atoms with E-state index >= 15 is 0 Å². The highest BCUT2D eigenvalue weighted by Crippen LogP contribution is 2.31. The highest BCUT2D eigenvalue weighted by molar-refractivity contribution is 5.83. The summed E-state index contributed by atoms with van der Waals surface area (Å²) < 4.78 is 0. The van der Waals surface area contributed by atoms with Gasteiger partial charge in [0, 0.05) is 19.5 Å². The van der Waals surface area contributed by atoms with Crippen LogP contribution < -0.4 is 10.6 Å². The topological polar surface area (TPSA) is 78.4 Å². The van der Waals surface area contributed by atoms with Gasteiger partial charge in [-0.3, -0.25) is 9.59 Å². The lowest BCUT2D eigenvalue weighted by molar-refractivity contribution is -0.137. The lowest BCUT2D eigenvalue weighted by Gasteiger charge is -2.26. The average molecular weight is 284 g/mol. The molecule has 0 aliphatic carbocycles. The molecular weight excluding hydrogens is 256 g/mol. The van der Waals surface area contributed by atoms with Gasteiger partial charge < -0.3 is 15.7 Å². The summed E-state index contributed by atoms with van der Waals surface area (Å²) in [6, 6.07) is 0. The standard InChI is InChI=1S/C15H28N2O3/c1-3-7-15(8-10-16-11-15)14(20)17-9-6-12(2)4-5-13(18)19/h12,16H,3-11H2,1-2H3,(H,17,20)(H,18,19). The third-order valence-electron chi connectivity index (χ3n) is 4.23. The molecule has 116 valence electrons. The number of carbonyl (C=O) groups is 2. The van der Waals surface area contributed by atoms with E-state index in [0.717, 1.165) is 38.8 Å². The number of hydrogen-bond acceptors (Lipinski definition) is 3. The average Bonchev–Trinajstić information content (AvgIpc) is 2.86. The number of amides is 1. The van der Waals surface area contributed by atoms with Crippen molar-refractivity contribution in [1.29, 1.82) is 0 Å². The summed E-state index contributed by atoms with van der Waals surface area (Å²) >= 11 is 0. The fraction of sp³-hybridized carbons (Fsp3) is 0.867. The molecule has 1 aliphatic heterocycles. The van der Waals surface area contributed by atoms with Gasteiger partial charge in [-0.15, -0.1) is 0 Å². The van der Waals surface area contributed by atoms with E-state index in [1.807, 2.05) is 6.92 Å². The lowest BCUT2D eigenvalue weighted by atomic mass is 9.81. The van der Waals surface area contributed by atoms with Gasteiger partial charge in [0.25, 0.3) is 0 Å². The second-order valence-corrected chi connectivity index (χ2v) is 6.04. The molecule has 0 aromatic heterocycles. The molecule has 0 aromatic carbocycles. The molecule has 1 amide bonds. The molecule has 1 rings (SSSR count). The molecule has 0 aromatic rings. The summed E-state index contributed by atoms with van der Waals surface area (Å²) in [5, 5.41) is 15.0. The van der Waals surface area contributed by atoms with E-state index < -0.39 is 5.97 Å². The van der Waals surface area contributed by atoms with Crippen molar-refractivity contribution < 1.29 is 14.7 Å². The van der Waals surface area contributed by atoms with Gasteiger partial charge in [-0.2, -0.15) is 0 Å². The van der Waals surface area contributed by atoms with Crippen LogP contribution in [0.3, 0.4) is 0 Å². The summed E-state index contributed by atoms with van der Waals surface area (Å²) in [7, 11) is 0. The maximum Gasteiger partial charge on any atom is 0.303 e. The maximum atomic E-state index is 12.4. The first-order chi connectivity index (χ1) is 9.50. The molecule has 20 heavy (non-hydrogen) atoms. The highest BCUT2D eigenvalue weighted by Gasteiger charge is 2.39. The van der Waals surface area contributed by atoms with E-state index in [1.165, 1.54) is 0 Å². The van der Waals surface area contributed by atoms with E-state index in [9.17, 15) is 9.59 Å². The molecule has 2 atom stereocenters. The Labute approximate surface area is 121 Å². The van der Waals surface area contributed by atoms with Crippen LogP contribution in [0, 0.1) is 11.3 Å². The van der Waals surface area contributed by atoms with Gasteiger partial charge in [-0.1, -0.05) is 20.3 Å². The molecule has 3 N–H and O–H groups in total. The van der Waals surface area contributed by atoms with E-state index in [4.69, 9.17) is 5.11 Å². The molecule has 5 heteroatoms. The fourth-order valence-electron chi connectivity index (χ4n) is 2.88. The van der Waals surface area contributed by atoms with Crippen LogP contribution in [0.1, 0.15) is 52.4 Å². The third-order valence-corrected chi connectivity index (χ3v) is 4.23. The SMILES string of the molecule is CCCC1(C(=O)NCCC(C)CCC(=O)O)CCNC1. The Morgan fingerprint density at radius 2 is 2.15 bits per heavy atom. The lowest BCUT2D eigenvalue weighted by Crippen LogP contribution is -2.43. The molecule has 0 spiro atoms. The van der Waals surface area contributed by atoms with Gasteiger partial charge in [0.1, 0.15) is 0 Å². The predicted molar refractivity (Wildman–Crippen MR) is 78.5 cm³/mol. The van der Waals surface area contributed by atoms with Crippen molar-refractivity contribution in [2.45, 2.75) is 52.4 Å². The minimum atomic E-state index is -0.750. The smallest absolute Gasteiger partial charge is 0.303 e. The quantitative estimate of drug-likeness (QED) is 0.603. The Bertz CT molecular complexity index is 325. The molecule has 1 aliphatic rings. The number of nitrogens with one attached hydrogen (secondary N) is 2. The summed E-state index contributed by atoms with van der Waals surface area (Å²) in [6.07, 6.45) is 4.59. The normalized spacial score (nSPS) is 23.5. The molecule has 1 heterocycles. The van der Waals surface area contributed by atoms with Crippen molar-refractivity contribution in [2.24, 2.45) is 11.3 Å². The number of hydrogen-bond donors (Lipinski definition) is 3. The van der Waals surface area contributed by atoms with Crippen molar-refractivity contribution in [3.05, 3.63) is 0 Å². The zero-order valence-electron chi connectivity index (χ0n) is 12.7. The van der Waals surface area contributed by atoms with Gasteiger partial charge in [0.05, 0.1) is 5.41 Å². The number of carboxylic acids is 1. The molecule has 5 nitrogen and oxygen atoms in total. The predicted octanol–water partition coefficient (Wildman–Crippen LogP) is 1.77. The van der Waals surface area contributed by atoms with Gasteiger partial charge in [0.2, 0.25) is 5.91 Å². The molecule has 1 fully saturated rings. The van der Waals surface area contributed by atoms with Crippen LogP contribution >= 0.6 is 0 Å². The summed E-state index contributed by atoms with van der Waals surface area (Å²) in [5.74, 6) is -0.259. The Morgan fingerprint density at radius 1 is 1.40 bits per heavy atom.